The Kier molecular flexibility index (Phi) is 3.73. The van der Waals surface area contributed by atoms with Crippen molar-refractivity contribution in [1.82, 2.24) is 4.98 Å². The predicted octanol–water partition coefficient (Wildman–Crippen LogP) is 2.99. The smallest absolute Gasteiger partial charge is 0.0589 e. The first kappa shape index (κ1) is 8.88. The summed E-state index contributed by atoms with van der Waals surface area (Å²) in [5, 5.41) is 0.704. The second-order valence-electron chi connectivity index (χ2n) is 2.10. The van der Waals surface area contributed by atoms with Gasteiger partial charge in [0.2, 0.25) is 0 Å². The molecule has 3 heteroatoms. The number of aromatic nitrogens is 1. The van der Waals surface area contributed by atoms with Crippen LogP contribution in [-0.4, -0.2) is 10.7 Å². The van der Waals surface area contributed by atoms with E-state index in [2.05, 4.69) is 11.9 Å². The molecule has 1 rings (SSSR count). The van der Waals surface area contributed by atoms with Crippen molar-refractivity contribution in [2.45, 2.75) is 12.7 Å². The number of hydrogen-bond donors (Lipinski definition) is 0. The van der Waals surface area contributed by atoms with E-state index < -0.39 is 0 Å². The van der Waals surface area contributed by atoms with Crippen LogP contribution in [0.5, 0.6) is 0 Å². The highest BCUT2D eigenvalue weighted by Crippen LogP contribution is 2.11. The van der Waals surface area contributed by atoms with Crippen LogP contribution in [-0.2, 0) is 5.75 Å². The molecule has 0 aliphatic carbocycles. The van der Waals surface area contributed by atoms with Crippen molar-refractivity contribution in [1.29, 1.82) is 0 Å². The Morgan fingerprint density at radius 1 is 1.55 bits per heavy atom. The van der Waals surface area contributed by atoms with E-state index in [1.807, 2.05) is 23.9 Å². The molecular weight excluding hydrogens is 178 g/mol. The molecule has 1 aromatic rings. The summed E-state index contributed by atoms with van der Waals surface area (Å²) in [4.78, 5) is 4.16. The number of rotatable bonds is 3. The number of halogens is 1. The summed E-state index contributed by atoms with van der Waals surface area (Å²) in [5.74, 6) is 2.11. The standard InChI is InChI=1S/C8H10ClNS/c1-2-11-6-8-4-3-7(9)5-10-8/h3-5H,2,6H2,1H3. The summed E-state index contributed by atoms with van der Waals surface area (Å²) in [6.07, 6.45) is 1.69. The molecule has 0 fully saturated rings. The minimum Gasteiger partial charge on any atom is -0.259 e. The number of nitrogens with zero attached hydrogens (tertiary/aromatic N) is 1. The minimum absolute atomic E-state index is 0.704. The third-order valence-corrected chi connectivity index (χ3v) is 2.37. The average molecular weight is 188 g/mol. The fraction of sp³-hybridized carbons (Fsp3) is 0.375. The highest BCUT2D eigenvalue weighted by atomic mass is 35.5. The minimum atomic E-state index is 0.704. The zero-order valence-corrected chi connectivity index (χ0v) is 7.95. The second-order valence-corrected chi connectivity index (χ2v) is 3.82. The Morgan fingerprint density at radius 2 is 2.36 bits per heavy atom. The van der Waals surface area contributed by atoms with Gasteiger partial charge in [0.1, 0.15) is 0 Å². The monoisotopic (exact) mass is 187 g/mol. The van der Waals surface area contributed by atoms with Crippen molar-refractivity contribution >= 4 is 23.4 Å². The van der Waals surface area contributed by atoms with E-state index >= 15 is 0 Å². The van der Waals surface area contributed by atoms with Gasteiger partial charge >= 0.3 is 0 Å². The van der Waals surface area contributed by atoms with Crippen molar-refractivity contribution in [2.24, 2.45) is 0 Å². The van der Waals surface area contributed by atoms with E-state index in [-0.39, 0.29) is 0 Å². The lowest BCUT2D eigenvalue weighted by Gasteiger charge is -1.97. The lowest BCUT2D eigenvalue weighted by atomic mass is 10.4. The van der Waals surface area contributed by atoms with Crippen LogP contribution < -0.4 is 0 Å². The fourth-order valence-electron chi connectivity index (χ4n) is 0.698. The SMILES string of the molecule is CCSCc1ccc(Cl)cn1. The Morgan fingerprint density at radius 3 is 2.91 bits per heavy atom. The largest absolute Gasteiger partial charge is 0.259 e. The zero-order valence-electron chi connectivity index (χ0n) is 6.38. The quantitative estimate of drug-likeness (QED) is 0.722. The van der Waals surface area contributed by atoms with Crippen molar-refractivity contribution in [3.8, 4) is 0 Å². The maximum Gasteiger partial charge on any atom is 0.0589 e. The van der Waals surface area contributed by atoms with Gasteiger partial charge in [-0.2, -0.15) is 11.8 Å². The first-order valence-corrected chi connectivity index (χ1v) is 5.04. The fourth-order valence-corrected chi connectivity index (χ4v) is 1.39. The first-order chi connectivity index (χ1) is 5.33. The maximum absolute atomic E-state index is 5.68. The molecule has 0 N–H and O–H groups in total. The predicted molar refractivity (Wildman–Crippen MR) is 51.1 cm³/mol. The third-order valence-electron chi connectivity index (χ3n) is 1.24. The molecule has 0 amide bonds. The van der Waals surface area contributed by atoms with E-state index in [0.29, 0.717) is 5.02 Å². The van der Waals surface area contributed by atoms with E-state index in [0.717, 1.165) is 17.2 Å². The second kappa shape index (κ2) is 4.62. The van der Waals surface area contributed by atoms with Crippen LogP contribution in [0.1, 0.15) is 12.6 Å². The van der Waals surface area contributed by atoms with Gasteiger partial charge in [0.25, 0.3) is 0 Å². The van der Waals surface area contributed by atoms with E-state index in [4.69, 9.17) is 11.6 Å². The molecule has 0 bridgehead atoms. The summed E-state index contributed by atoms with van der Waals surface area (Å²) in [7, 11) is 0. The summed E-state index contributed by atoms with van der Waals surface area (Å²) >= 11 is 7.54. The van der Waals surface area contributed by atoms with Crippen molar-refractivity contribution in [3.63, 3.8) is 0 Å². The maximum atomic E-state index is 5.68. The normalized spacial score (nSPS) is 10.0. The van der Waals surface area contributed by atoms with Crippen LogP contribution in [0.25, 0.3) is 0 Å². The molecular formula is C8H10ClNS. The van der Waals surface area contributed by atoms with E-state index in [1.165, 1.54) is 0 Å². The van der Waals surface area contributed by atoms with Gasteiger partial charge in [-0.1, -0.05) is 18.5 Å². The Balaban J connectivity index is 2.52. The van der Waals surface area contributed by atoms with Crippen LogP contribution in [0.3, 0.4) is 0 Å². The Bertz CT molecular complexity index is 210. The first-order valence-electron chi connectivity index (χ1n) is 3.51. The molecule has 0 spiro atoms. The summed E-state index contributed by atoms with van der Waals surface area (Å²) < 4.78 is 0. The van der Waals surface area contributed by atoms with Gasteiger partial charge in [-0.15, -0.1) is 0 Å². The van der Waals surface area contributed by atoms with Crippen molar-refractivity contribution in [2.75, 3.05) is 5.75 Å². The number of pyridine rings is 1. The summed E-state index contributed by atoms with van der Waals surface area (Å²) in [5.41, 5.74) is 1.10. The van der Waals surface area contributed by atoms with Gasteiger partial charge in [-0.05, 0) is 17.9 Å². The molecule has 0 aromatic carbocycles. The molecule has 0 aliphatic rings. The van der Waals surface area contributed by atoms with Gasteiger partial charge in [0.15, 0.2) is 0 Å². The number of hydrogen-bond acceptors (Lipinski definition) is 2. The molecule has 11 heavy (non-hydrogen) atoms. The van der Waals surface area contributed by atoms with E-state index in [1.54, 1.807) is 6.20 Å². The lowest BCUT2D eigenvalue weighted by Crippen LogP contribution is -1.85. The molecule has 1 aromatic heterocycles. The molecule has 60 valence electrons. The topological polar surface area (TPSA) is 12.9 Å². The molecule has 1 nitrogen and oxygen atoms in total. The zero-order chi connectivity index (χ0) is 8.10. The Labute approximate surface area is 76.2 Å². The highest BCUT2D eigenvalue weighted by Gasteiger charge is 1.92. The molecule has 0 atom stereocenters. The molecule has 0 unspecified atom stereocenters. The van der Waals surface area contributed by atoms with Gasteiger partial charge in [-0.3, -0.25) is 4.98 Å². The average Bonchev–Trinajstić information content (AvgIpc) is 2.04. The van der Waals surface area contributed by atoms with Crippen LogP contribution in [0.4, 0.5) is 0 Å². The molecule has 0 saturated carbocycles. The Hall–Kier alpha value is -0.210. The summed E-state index contributed by atoms with van der Waals surface area (Å²) in [6.45, 7) is 2.14. The van der Waals surface area contributed by atoms with Gasteiger partial charge in [0.05, 0.1) is 10.7 Å². The summed E-state index contributed by atoms with van der Waals surface area (Å²) in [6, 6.07) is 3.84. The third kappa shape index (κ3) is 3.12. The molecule has 0 radical (unpaired) electrons. The van der Waals surface area contributed by atoms with Gasteiger partial charge < -0.3 is 0 Å². The number of thioether (sulfide) groups is 1. The van der Waals surface area contributed by atoms with E-state index in [9.17, 15) is 0 Å². The van der Waals surface area contributed by atoms with Crippen molar-refractivity contribution < 1.29 is 0 Å². The van der Waals surface area contributed by atoms with Gasteiger partial charge in [-0.25, -0.2) is 0 Å². The van der Waals surface area contributed by atoms with Crippen LogP contribution in [0, 0.1) is 0 Å². The highest BCUT2D eigenvalue weighted by molar-refractivity contribution is 7.98. The van der Waals surface area contributed by atoms with Crippen LogP contribution >= 0.6 is 23.4 Å². The molecule has 0 aliphatic heterocycles. The van der Waals surface area contributed by atoms with Crippen LogP contribution in [0.15, 0.2) is 18.3 Å². The molecule has 0 saturated heterocycles. The lowest BCUT2D eigenvalue weighted by molar-refractivity contribution is 1.17. The van der Waals surface area contributed by atoms with Crippen LogP contribution in [0.2, 0.25) is 5.02 Å². The van der Waals surface area contributed by atoms with Gasteiger partial charge in [0, 0.05) is 11.9 Å². The van der Waals surface area contributed by atoms with Crippen molar-refractivity contribution in [3.05, 3.63) is 29.0 Å². The molecule has 1 heterocycles.